The summed E-state index contributed by atoms with van der Waals surface area (Å²) in [4.78, 5) is 0. The molecule has 2 aromatic carbocycles. The number of aliphatic hydroxyl groups is 4. The Balaban J connectivity index is 1.26. The number of epoxide rings is 2. The molecule has 54 heavy (non-hydrogen) atoms. The zero-order valence-electron chi connectivity index (χ0n) is 31.6. The monoisotopic (exact) mass is 804 g/mol. The summed E-state index contributed by atoms with van der Waals surface area (Å²) in [5.41, 5.74) is -2.24. The van der Waals surface area contributed by atoms with Gasteiger partial charge >= 0.3 is 15.2 Å². The van der Waals surface area contributed by atoms with Crippen LogP contribution in [0.25, 0.3) is 0 Å². The van der Waals surface area contributed by atoms with E-state index in [0.29, 0.717) is 32.8 Å². The maximum atomic E-state index is 14.3. The van der Waals surface area contributed by atoms with E-state index in [1.165, 1.54) is 0 Å². The largest absolute Gasteiger partial charge is 0.391 e. The Bertz CT molecular complexity index is 1460. The predicted octanol–water partition coefficient (Wildman–Crippen LogP) is 3.11. The van der Waals surface area contributed by atoms with Gasteiger partial charge in [-0.3, -0.25) is 18.2 Å². The maximum Gasteiger partial charge on any atom is 0.361 e. The van der Waals surface area contributed by atoms with Crippen LogP contribution >= 0.6 is 15.2 Å². The molecule has 9 atom stereocenters. The van der Waals surface area contributed by atoms with Gasteiger partial charge in [-0.05, 0) is 51.5 Å². The van der Waals surface area contributed by atoms with Gasteiger partial charge in [0.2, 0.25) is 0 Å². The van der Waals surface area contributed by atoms with Crippen LogP contribution in [0.2, 0.25) is 0 Å². The summed E-state index contributed by atoms with van der Waals surface area (Å²) in [5, 5.41) is 43.1. The van der Waals surface area contributed by atoms with E-state index in [0.717, 1.165) is 0 Å². The summed E-state index contributed by atoms with van der Waals surface area (Å²) in [5.74, 6) is 0. The number of hydrogen-bond acceptors (Lipinski definition) is 15. The second-order valence-electron chi connectivity index (χ2n) is 14.5. The Morgan fingerprint density at radius 1 is 0.630 bits per heavy atom. The fourth-order valence-electron chi connectivity index (χ4n) is 5.42. The van der Waals surface area contributed by atoms with E-state index in [1.54, 1.807) is 81.4 Å². The van der Waals surface area contributed by atoms with E-state index in [4.69, 9.17) is 41.8 Å². The molecule has 2 saturated heterocycles. The Hall–Kier alpha value is -1.62. The molecule has 0 saturated carbocycles. The maximum absolute atomic E-state index is 14.3. The molecule has 4 rings (SSSR count). The van der Waals surface area contributed by atoms with Crippen LogP contribution in [0.3, 0.4) is 0 Å². The second kappa shape index (κ2) is 21.2. The first-order chi connectivity index (χ1) is 25.6. The molecular weight excluding hydrogens is 746 g/mol. The molecule has 9 unspecified atom stereocenters. The molecule has 306 valence electrons. The third kappa shape index (κ3) is 16.1. The molecular formula is C37H58O15P2. The van der Waals surface area contributed by atoms with Crippen molar-refractivity contribution < 1.29 is 71.3 Å². The molecule has 2 heterocycles. The molecule has 0 bridgehead atoms. The quantitative estimate of drug-likeness (QED) is 0.0689. The topological polar surface area (TPSA) is 205 Å². The normalized spacial score (nSPS) is 22.7. The number of rotatable bonds is 29. The lowest BCUT2D eigenvalue weighted by Gasteiger charge is -2.34. The van der Waals surface area contributed by atoms with Crippen molar-refractivity contribution >= 4 is 25.8 Å². The molecule has 4 N–H and O–H groups in total. The molecule has 0 radical (unpaired) electrons. The highest BCUT2D eigenvalue weighted by molar-refractivity contribution is 7.62. The molecule has 0 aliphatic carbocycles. The average Bonchev–Trinajstić information content (AvgIpc) is 4.07. The van der Waals surface area contributed by atoms with Gasteiger partial charge in [0.05, 0.1) is 100 Å². The van der Waals surface area contributed by atoms with Crippen LogP contribution in [0, 0.1) is 0 Å². The lowest BCUT2D eigenvalue weighted by atomic mass is 9.96. The van der Waals surface area contributed by atoms with Crippen LogP contribution in [-0.2, 0) is 50.9 Å². The van der Waals surface area contributed by atoms with Gasteiger partial charge in [-0.25, -0.2) is 0 Å². The SMILES string of the molecule is CCC(C)(CC(O)COCC1CO1)OP(=O)(OCC(O)COCC(O)CC(C)(C)OP(=O)(OCC(O)COCC1CO1)c1ccccc1)c1ccccc1. The van der Waals surface area contributed by atoms with Gasteiger partial charge in [0.1, 0.15) is 24.4 Å². The van der Waals surface area contributed by atoms with E-state index in [2.05, 4.69) is 0 Å². The summed E-state index contributed by atoms with van der Waals surface area (Å²) in [6.07, 6.45) is -3.68. The number of aliphatic hydroxyl groups excluding tert-OH is 4. The van der Waals surface area contributed by atoms with Crippen LogP contribution in [-0.4, -0.2) is 134 Å². The minimum Gasteiger partial charge on any atom is -0.391 e. The molecule has 17 heteroatoms. The molecule has 2 aliphatic heterocycles. The lowest BCUT2D eigenvalue weighted by molar-refractivity contribution is -0.0493. The summed E-state index contributed by atoms with van der Waals surface area (Å²) in [6, 6.07) is 16.7. The molecule has 0 amide bonds. The number of ether oxygens (including phenoxy) is 5. The Morgan fingerprint density at radius 2 is 1.04 bits per heavy atom. The van der Waals surface area contributed by atoms with Gasteiger partial charge in [0, 0.05) is 12.8 Å². The summed E-state index contributed by atoms with van der Waals surface area (Å²) in [6.45, 7) is 7.72. The highest BCUT2D eigenvalue weighted by Gasteiger charge is 2.40. The van der Waals surface area contributed by atoms with Gasteiger partial charge in [0.15, 0.2) is 0 Å². The summed E-state index contributed by atoms with van der Waals surface area (Å²) in [7, 11) is -7.99. The van der Waals surface area contributed by atoms with Gasteiger partial charge in [0.25, 0.3) is 0 Å². The highest BCUT2D eigenvalue weighted by Crippen LogP contribution is 2.53. The first kappa shape index (κ1) is 45.1. The van der Waals surface area contributed by atoms with Gasteiger partial charge in [-0.1, -0.05) is 43.3 Å². The molecule has 0 aromatic heterocycles. The Labute approximate surface area is 318 Å². The van der Waals surface area contributed by atoms with Gasteiger partial charge in [-0.2, -0.15) is 0 Å². The standard InChI is InChI=1S/C37H58O15P2/c1-5-37(4,17-29(39)19-45-24-32-26-47-32)52-54(43,35-14-10-7-11-15-35)50-23-30(40)20-44-18-28(38)16-36(2,3)51-53(42,34-12-8-6-9-13-34)49-22-31(41)21-46-25-33-27-48-33/h6-15,28-33,38-41H,5,16-27H2,1-4H3. The minimum absolute atomic E-state index is 0.0231. The van der Waals surface area contributed by atoms with Crippen LogP contribution in [0.15, 0.2) is 60.7 Å². The molecule has 15 nitrogen and oxygen atoms in total. The number of hydrogen-bond donors (Lipinski definition) is 4. The van der Waals surface area contributed by atoms with E-state index in [-0.39, 0.29) is 68.7 Å². The van der Waals surface area contributed by atoms with Crippen molar-refractivity contribution in [2.45, 2.75) is 94.8 Å². The van der Waals surface area contributed by atoms with Gasteiger partial charge in [-0.15, -0.1) is 0 Å². The van der Waals surface area contributed by atoms with Crippen molar-refractivity contribution in [1.29, 1.82) is 0 Å². The van der Waals surface area contributed by atoms with Gasteiger partial charge < -0.3 is 53.2 Å². The Kier molecular flexibility index (Phi) is 17.7. The molecule has 2 aromatic rings. The molecule has 2 fully saturated rings. The first-order valence-electron chi connectivity index (χ1n) is 18.3. The van der Waals surface area contributed by atoms with Crippen LogP contribution in [0.1, 0.15) is 47.0 Å². The van der Waals surface area contributed by atoms with Crippen molar-refractivity contribution in [2.24, 2.45) is 0 Å². The minimum atomic E-state index is -4.02. The fourth-order valence-corrected chi connectivity index (χ4v) is 9.35. The third-order valence-corrected chi connectivity index (χ3v) is 12.8. The van der Waals surface area contributed by atoms with Crippen molar-refractivity contribution in [2.75, 3.05) is 66.1 Å². The molecule has 2 aliphatic rings. The fraction of sp³-hybridized carbons (Fsp3) is 0.676. The zero-order valence-corrected chi connectivity index (χ0v) is 33.4. The van der Waals surface area contributed by atoms with Crippen LogP contribution < -0.4 is 10.6 Å². The van der Waals surface area contributed by atoms with E-state index in [9.17, 15) is 29.6 Å². The Morgan fingerprint density at radius 3 is 1.50 bits per heavy atom. The highest BCUT2D eigenvalue weighted by atomic mass is 31.2. The van der Waals surface area contributed by atoms with E-state index >= 15 is 0 Å². The summed E-state index contributed by atoms with van der Waals surface area (Å²) >= 11 is 0. The van der Waals surface area contributed by atoms with Crippen molar-refractivity contribution in [1.82, 2.24) is 0 Å². The lowest BCUT2D eigenvalue weighted by Crippen LogP contribution is -2.36. The smallest absolute Gasteiger partial charge is 0.361 e. The summed E-state index contributed by atoms with van der Waals surface area (Å²) < 4.78 is 78.8. The number of benzene rings is 2. The predicted molar refractivity (Wildman–Crippen MR) is 199 cm³/mol. The van der Waals surface area contributed by atoms with Crippen molar-refractivity contribution in [3.05, 3.63) is 60.7 Å². The zero-order chi connectivity index (χ0) is 39.2. The average molecular weight is 805 g/mol. The molecule has 0 spiro atoms. The van der Waals surface area contributed by atoms with Crippen molar-refractivity contribution in [3.8, 4) is 0 Å². The van der Waals surface area contributed by atoms with E-state index < -0.39 is 57.4 Å². The van der Waals surface area contributed by atoms with Crippen molar-refractivity contribution in [3.63, 3.8) is 0 Å². The van der Waals surface area contributed by atoms with E-state index in [1.807, 2.05) is 6.92 Å². The third-order valence-electron chi connectivity index (χ3n) is 8.52. The first-order valence-corrected chi connectivity index (χ1v) is 21.4. The van der Waals surface area contributed by atoms with Crippen LogP contribution in [0.5, 0.6) is 0 Å². The second-order valence-corrected chi connectivity index (χ2v) is 18.5. The van der Waals surface area contributed by atoms with Crippen LogP contribution in [0.4, 0.5) is 0 Å².